The number of nitrogens with zero attached hydrogens (tertiary/aromatic N) is 4. The quantitative estimate of drug-likeness (QED) is 0.697. The summed E-state index contributed by atoms with van der Waals surface area (Å²) >= 11 is 0. The van der Waals surface area contributed by atoms with Crippen LogP contribution in [0.4, 0.5) is 11.5 Å². The van der Waals surface area contributed by atoms with Crippen molar-refractivity contribution in [3.63, 3.8) is 0 Å². The molecule has 2 aromatic heterocycles. The van der Waals surface area contributed by atoms with Crippen molar-refractivity contribution < 1.29 is 14.3 Å². The molecular weight excluding hydrogens is 394 g/mol. The van der Waals surface area contributed by atoms with Gasteiger partial charge >= 0.3 is 0 Å². The number of hydrogen-bond acceptors (Lipinski definition) is 7. The molecule has 0 radical (unpaired) electrons. The number of carbonyl (C=O) groups is 1. The Morgan fingerprint density at radius 1 is 1.06 bits per heavy atom. The van der Waals surface area contributed by atoms with Gasteiger partial charge in [-0.2, -0.15) is 0 Å². The number of fused-ring (bicyclic) bond motifs is 1. The molecule has 0 bridgehead atoms. The Morgan fingerprint density at radius 3 is 2.77 bits per heavy atom. The molecule has 0 aliphatic carbocycles. The van der Waals surface area contributed by atoms with Crippen LogP contribution in [0, 0.1) is 5.92 Å². The zero-order valence-corrected chi connectivity index (χ0v) is 17.0. The lowest BCUT2D eigenvalue weighted by Gasteiger charge is -2.32. The van der Waals surface area contributed by atoms with Gasteiger partial charge in [0.05, 0.1) is 11.6 Å². The van der Waals surface area contributed by atoms with E-state index < -0.39 is 0 Å². The number of piperidine rings is 1. The van der Waals surface area contributed by atoms with Crippen LogP contribution in [0.2, 0.25) is 0 Å². The van der Waals surface area contributed by atoms with Crippen LogP contribution in [0.25, 0.3) is 11.3 Å². The van der Waals surface area contributed by atoms with Crippen molar-refractivity contribution in [2.75, 3.05) is 36.5 Å². The van der Waals surface area contributed by atoms with Gasteiger partial charge in [0.1, 0.15) is 13.2 Å². The van der Waals surface area contributed by atoms with Gasteiger partial charge in [0.25, 0.3) is 0 Å². The molecule has 1 aromatic carbocycles. The fraction of sp³-hybridized carbons (Fsp3) is 0.304. The minimum Gasteiger partial charge on any atom is -0.486 e. The van der Waals surface area contributed by atoms with Gasteiger partial charge in [-0.3, -0.25) is 9.78 Å². The van der Waals surface area contributed by atoms with Crippen LogP contribution in [0.15, 0.2) is 54.9 Å². The van der Waals surface area contributed by atoms with Gasteiger partial charge in [0.2, 0.25) is 5.91 Å². The monoisotopic (exact) mass is 417 g/mol. The van der Waals surface area contributed by atoms with Gasteiger partial charge in [-0.1, -0.05) is 0 Å². The highest BCUT2D eigenvalue weighted by Gasteiger charge is 2.27. The molecule has 1 atom stereocenters. The van der Waals surface area contributed by atoms with Crippen LogP contribution in [0.5, 0.6) is 11.5 Å². The first kappa shape index (κ1) is 19.3. The molecule has 5 rings (SSSR count). The minimum absolute atomic E-state index is 0.00122. The van der Waals surface area contributed by atoms with E-state index in [-0.39, 0.29) is 11.8 Å². The molecule has 31 heavy (non-hydrogen) atoms. The molecule has 8 heteroatoms. The number of aromatic nitrogens is 3. The molecule has 4 heterocycles. The Kier molecular flexibility index (Phi) is 5.35. The van der Waals surface area contributed by atoms with Gasteiger partial charge in [-0.25, -0.2) is 0 Å². The predicted molar refractivity (Wildman–Crippen MR) is 116 cm³/mol. The highest BCUT2D eigenvalue weighted by atomic mass is 16.6. The molecule has 3 aromatic rings. The number of carbonyl (C=O) groups excluding carboxylic acids is 1. The predicted octanol–water partition coefficient (Wildman–Crippen LogP) is 3.16. The Hall–Kier alpha value is -3.68. The van der Waals surface area contributed by atoms with Gasteiger partial charge in [0.15, 0.2) is 17.3 Å². The fourth-order valence-electron chi connectivity index (χ4n) is 3.93. The van der Waals surface area contributed by atoms with Gasteiger partial charge in [-0.15, -0.1) is 10.2 Å². The lowest BCUT2D eigenvalue weighted by molar-refractivity contribution is -0.120. The van der Waals surface area contributed by atoms with Crippen molar-refractivity contribution in [3.8, 4) is 22.8 Å². The van der Waals surface area contributed by atoms with E-state index in [1.807, 2.05) is 42.5 Å². The average Bonchev–Trinajstić information content (AvgIpc) is 2.85. The molecule has 1 amide bonds. The van der Waals surface area contributed by atoms with E-state index in [0.29, 0.717) is 36.9 Å². The SMILES string of the molecule is O=C(Nc1ccc2c(c1)OCCO2)C1CCCN(c2ccc(-c3cccnc3)nn2)C1. The largest absolute Gasteiger partial charge is 0.486 e. The molecular formula is C23H23N5O3. The number of hydrogen-bond donors (Lipinski definition) is 1. The summed E-state index contributed by atoms with van der Waals surface area (Å²) in [5.74, 6) is 2.03. The third kappa shape index (κ3) is 4.28. The summed E-state index contributed by atoms with van der Waals surface area (Å²) in [5.41, 5.74) is 2.42. The lowest BCUT2D eigenvalue weighted by atomic mass is 9.97. The fourth-order valence-corrected chi connectivity index (χ4v) is 3.93. The number of rotatable bonds is 4. The second-order valence-corrected chi connectivity index (χ2v) is 7.65. The van der Waals surface area contributed by atoms with Crippen molar-refractivity contribution in [2.24, 2.45) is 5.92 Å². The maximum absolute atomic E-state index is 12.9. The second kappa shape index (κ2) is 8.59. The van der Waals surface area contributed by atoms with E-state index >= 15 is 0 Å². The Balaban J connectivity index is 1.24. The Labute approximate surface area is 180 Å². The van der Waals surface area contributed by atoms with E-state index in [1.165, 1.54) is 0 Å². The van der Waals surface area contributed by atoms with Crippen LogP contribution in [-0.2, 0) is 4.79 Å². The summed E-state index contributed by atoms with van der Waals surface area (Å²) in [7, 11) is 0. The molecule has 1 N–H and O–H groups in total. The van der Waals surface area contributed by atoms with Gasteiger partial charge in [0, 0.05) is 42.8 Å². The van der Waals surface area contributed by atoms with Crippen molar-refractivity contribution in [1.29, 1.82) is 0 Å². The zero-order chi connectivity index (χ0) is 21.0. The molecule has 1 fully saturated rings. The molecule has 0 spiro atoms. The molecule has 1 unspecified atom stereocenters. The summed E-state index contributed by atoms with van der Waals surface area (Å²) in [4.78, 5) is 19.1. The summed E-state index contributed by atoms with van der Waals surface area (Å²) in [6.07, 6.45) is 5.26. The van der Waals surface area contributed by atoms with E-state index in [2.05, 4.69) is 25.4 Å². The van der Waals surface area contributed by atoms with Crippen LogP contribution in [0.3, 0.4) is 0 Å². The van der Waals surface area contributed by atoms with Crippen molar-refractivity contribution in [1.82, 2.24) is 15.2 Å². The highest BCUT2D eigenvalue weighted by Crippen LogP contribution is 2.33. The Bertz CT molecular complexity index is 1060. The number of anilines is 2. The number of nitrogens with one attached hydrogen (secondary N) is 1. The topological polar surface area (TPSA) is 89.5 Å². The van der Waals surface area contributed by atoms with Crippen LogP contribution < -0.4 is 19.7 Å². The highest BCUT2D eigenvalue weighted by molar-refractivity contribution is 5.93. The number of benzene rings is 1. The van der Waals surface area contributed by atoms with Gasteiger partial charge in [-0.05, 0) is 49.2 Å². The summed E-state index contributed by atoms with van der Waals surface area (Å²) in [5, 5.41) is 11.8. The lowest BCUT2D eigenvalue weighted by Crippen LogP contribution is -2.41. The normalized spacial score (nSPS) is 17.8. The summed E-state index contributed by atoms with van der Waals surface area (Å²) in [6.45, 7) is 2.53. The first-order chi connectivity index (χ1) is 15.3. The van der Waals surface area contributed by atoms with Gasteiger partial charge < -0.3 is 19.7 Å². The van der Waals surface area contributed by atoms with Crippen LogP contribution in [-0.4, -0.2) is 47.4 Å². The molecule has 2 aliphatic heterocycles. The molecule has 158 valence electrons. The number of ether oxygens (including phenoxy) is 2. The third-order valence-corrected chi connectivity index (χ3v) is 5.53. The van der Waals surface area contributed by atoms with E-state index in [1.54, 1.807) is 12.4 Å². The number of pyridine rings is 1. The zero-order valence-electron chi connectivity index (χ0n) is 17.0. The standard InChI is InChI=1S/C23H23N5O3/c29-23(25-18-5-7-20-21(13-18)31-12-11-30-20)17-4-2-10-28(15-17)22-8-6-19(26-27-22)16-3-1-9-24-14-16/h1,3,5-9,13-14,17H,2,4,10-12,15H2,(H,25,29). The maximum Gasteiger partial charge on any atom is 0.229 e. The first-order valence-electron chi connectivity index (χ1n) is 10.5. The molecule has 8 nitrogen and oxygen atoms in total. The first-order valence-corrected chi connectivity index (χ1v) is 10.5. The van der Waals surface area contributed by atoms with E-state index in [4.69, 9.17) is 9.47 Å². The molecule has 1 saturated heterocycles. The van der Waals surface area contributed by atoms with E-state index in [9.17, 15) is 4.79 Å². The van der Waals surface area contributed by atoms with E-state index in [0.717, 1.165) is 36.5 Å². The summed E-state index contributed by atoms with van der Waals surface area (Å²) < 4.78 is 11.1. The maximum atomic E-state index is 12.9. The van der Waals surface area contributed by atoms with Crippen molar-refractivity contribution in [2.45, 2.75) is 12.8 Å². The average molecular weight is 417 g/mol. The van der Waals surface area contributed by atoms with Crippen LogP contribution >= 0.6 is 0 Å². The molecule has 0 saturated carbocycles. The Morgan fingerprint density at radius 2 is 1.97 bits per heavy atom. The van der Waals surface area contributed by atoms with Crippen LogP contribution in [0.1, 0.15) is 12.8 Å². The number of amides is 1. The van der Waals surface area contributed by atoms with Crippen molar-refractivity contribution in [3.05, 3.63) is 54.9 Å². The second-order valence-electron chi connectivity index (χ2n) is 7.65. The smallest absolute Gasteiger partial charge is 0.229 e. The van der Waals surface area contributed by atoms with Crippen molar-refractivity contribution >= 4 is 17.4 Å². The summed E-state index contributed by atoms with van der Waals surface area (Å²) in [6, 6.07) is 13.2. The molecule has 2 aliphatic rings. The minimum atomic E-state index is -0.123. The third-order valence-electron chi connectivity index (χ3n) is 5.53.